The summed E-state index contributed by atoms with van der Waals surface area (Å²) in [5.41, 5.74) is 0.440. The van der Waals surface area contributed by atoms with Gasteiger partial charge in [-0.15, -0.1) is 11.6 Å². The topological polar surface area (TPSA) is 20.3 Å². The van der Waals surface area contributed by atoms with E-state index in [1.165, 1.54) is 23.1 Å². The van der Waals surface area contributed by atoms with E-state index in [9.17, 15) is 9.18 Å². The van der Waals surface area contributed by atoms with Gasteiger partial charge in [0.2, 0.25) is 5.91 Å². The highest BCUT2D eigenvalue weighted by Gasteiger charge is 2.21. The van der Waals surface area contributed by atoms with Gasteiger partial charge in [-0.3, -0.25) is 4.79 Å². The maximum absolute atomic E-state index is 13.0. The molecule has 1 atom stereocenters. The van der Waals surface area contributed by atoms with E-state index in [2.05, 4.69) is 15.9 Å². The molecule has 0 radical (unpaired) electrons. The molecule has 1 amide bonds. The number of halogens is 3. The molecular weight excluding hydrogens is 284 g/mol. The fourth-order valence-corrected chi connectivity index (χ4v) is 2.05. The van der Waals surface area contributed by atoms with Crippen molar-refractivity contribution in [1.82, 2.24) is 4.90 Å². The first kappa shape index (κ1) is 12.5. The van der Waals surface area contributed by atoms with Crippen LogP contribution in [0.1, 0.15) is 10.9 Å². The number of benzene rings is 1. The van der Waals surface area contributed by atoms with Gasteiger partial charge in [0.25, 0.3) is 0 Å². The zero-order valence-corrected chi connectivity index (χ0v) is 10.6. The highest BCUT2D eigenvalue weighted by Crippen LogP contribution is 2.29. The van der Waals surface area contributed by atoms with E-state index < -0.39 is 11.2 Å². The highest BCUT2D eigenvalue weighted by molar-refractivity contribution is 9.10. The lowest BCUT2D eigenvalue weighted by atomic mass is 10.1. The lowest BCUT2D eigenvalue weighted by molar-refractivity contribution is -0.128. The molecule has 5 heteroatoms. The summed E-state index contributed by atoms with van der Waals surface area (Å²) in [5, 5.41) is -0.870. The van der Waals surface area contributed by atoms with Gasteiger partial charge in [-0.1, -0.05) is 15.9 Å². The Bertz CT molecular complexity index is 384. The number of hydrogen-bond acceptors (Lipinski definition) is 1. The van der Waals surface area contributed by atoms with Crippen molar-refractivity contribution in [1.29, 1.82) is 0 Å². The minimum Gasteiger partial charge on any atom is -0.347 e. The molecule has 1 rings (SSSR count). The summed E-state index contributed by atoms with van der Waals surface area (Å²) in [5.74, 6) is -0.687. The van der Waals surface area contributed by atoms with Crippen LogP contribution < -0.4 is 0 Å². The summed E-state index contributed by atoms with van der Waals surface area (Å²) in [6.07, 6.45) is 0. The van der Waals surface area contributed by atoms with E-state index in [-0.39, 0.29) is 5.91 Å². The van der Waals surface area contributed by atoms with Crippen LogP contribution in [0.3, 0.4) is 0 Å². The van der Waals surface area contributed by atoms with Crippen molar-refractivity contribution in [2.45, 2.75) is 5.38 Å². The van der Waals surface area contributed by atoms with Crippen molar-refractivity contribution in [3.8, 4) is 0 Å². The first-order chi connectivity index (χ1) is 6.93. The first-order valence-corrected chi connectivity index (χ1v) is 5.46. The Labute approximate surface area is 101 Å². The lowest BCUT2D eigenvalue weighted by Gasteiger charge is -2.16. The average molecular weight is 295 g/mol. The number of hydrogen-bond donors (Lipinski definition) is 0. The van der Waals surface area contributed by atoms with E-state index in [0.29, 0.717) is 10.0 Å². The van der Waals surface area contributed by atoms with E-state index in [1.807, 2.05) is 0 Å². The Morgan fingerprint density at radius 2 is 2.13 bits per heavy atom. The summed E-state index contributed by atoms with van der Waals surface area (Å²) in [6.45, 7) is 0. The van der Waals surface area contributed by atoms with E-state index >= 15 is 0 Å². The van der Waals surface area contributed by atoms with Crippen molar-refractivity contribution in [3.05, 3.63) is 34.1 Å². The van der Waals surface area contributed by atoms with Gasteiger partial charge in [0.15, 0.2) is 0 Å². The molecule has 0 spiro atoms. The third-order valence-corrected chi connectivity index (χ3v) is 3.03. The average Bonchev–Trinajstić information content (AvgIpc) is 2.19. The normalized spacial score (nSPS) is 12.3. The Hall–Kier alpha value is -0.610. The van der Waals surface area contributed by atoms with Crippen molar-refractivity contribution in [3.63, 3.8) is 0 Å². The molecule has 2 nitrogen and oxygen atoms in total. The van der Waals surface area contributed by atoms with Crippen molar-refractivity contribution >= 4 is 33.4 Å². The molecule has 0 aliphatic heterocycles. The Morgan fingerprint density at radius 1 is 1.53 bits per heavy atom. The lowest BCUT2D eigenvalue weighted by Crippen LogP contribution is -2.25. The minimum absolute atomic E-state index is 0.275. The van der Waals surface area contributed by atoms with Crippen LogP contribution in [0.4, 0.5) is 4.39 Å². The molecule has 0 aromatic heterocycles. The van der Waals surface area contributed by atoms with Gasteiger partial charge in [0, 0.05) is 18.6 Å². The van der Waals surface area contributed by atoms with Crippen LogP contribution in [0.5, 0.6) is 0 Å². The van der Waals surface area contributed by atoms with Gasteiger partial charge in [0.1, 0.15) is 11.2 Å². The molecule has 82 valence electrons. The van der Waals surface area contributed by atoms with E-state index in [1.54, 1.807) is 14.1 Å². The predicted octanol–water partition coefficient (Wildman–Crippen LogP) is 2.96. The van der Waals surface area contributed by atoms with Crippen LogP contribution in [-0.4, -0.2) is 24.9 Å². The molecule has 0 N–H and O–H groups in total. The third kappa shape index (κ3) is 2.92. The second-order valence-corrected chi connectivity index (χ2v) is 4.55. The third-order valence-electron chi connectivity index (χ3n) is 1.89. The van der Waals surface area contributed by atoms with Gasteiger partial charge in [-0.2, -0.15) is 0 Å². The van der Waals surface area contributed by atoms with Crippen LogP contribution in [0.15, 0.2) is 22.7 Å². The Kier molecular flexibility index (Phi) is 4.11. The minimum atomic E-state index is -0.870. The quantitative estimate of drug-likeness (QED) is 0.768. The highest BCUT2D eigenvalue weighted by atomic mass is 79.9. The number of alkyl halides is 1. The Balaban J connectivity index is 3.05. The summed E-state index contributed by atoms with van der Waals surface area (Å²) in [6, 6.07) is 4.09. The fourth-order valence-electron chi connectivity index (χ4n) is 1.07. The molecular formula is C10H10BrClFNO. The summed E-state index contributed by atoms with van der Waals surface area (Å²) in [4.78, 5) is 12.9. The molecule has 0 aliphatic rings. The number of nitrogens with zero attached hydrogens (tertiary/aromatic N) is 1. The SMILES string of the molecule is CN(C)C(=O)C(Cl)c1cc(F)ccc1Br. The van der Waals surface area contributed by atoms with Crippen molar-refractivity contribution in [2.75, 3.05) is 14.1 Å². The molecule has 0 bridgehead atoms. The molecule has 1 unspecified atom stereocenters. The second kappa shape index (κ2) is 4.94. The number of rotatable bonds is 2. The number of carbonyl (C=O) groups excluding carboxylic acids is 1. The molecule has 0 heterocycles. The van der Waals surface area contributed by atoms with Crippen molar-refractivity contribution in [2.24, 2.45) is 0 Å². The first-order valence-electron chi connectivity index (χ1n) is 4.23. The van der Waals surface area contributed by atoms with Gasteiger partial charge >= 0.3 is 0 Å². The fraction of sp³-hybridized carbons (Fsp3) is 0.300. The summed E-state index contributed by atoms with van der Waals surface area (Å²) >= 11 is 9.17. The standard InChI is InChI=1S/C10H10BrClFNO/c1-14(2)10(15)9(12)7-5-6(13)3-4-8(7)11/h3-5,9H,1-2H3. The molecule has 1 aromatic rings. The van der Waals surface area contributed by atoms with Gasteiger partial charge in [-0.05, 0) is 23.8 Å². The zero-order chi connectivity index (χ0) is 11.6. The van der Waals surface area contributed by atoms with Gasteiger partial charge in [-0.25, -0.2) is 4.39 Å². The number of carbonyl (C=O) groups is 1. The maximum Gasteiger partial charge on any atom is 0.244 e. The maximum atomic E-state index is 13.0. The summed E-state index contributed by atoms with van der Waals surface area (Å²) in [7, 11) is 3.20. The second-order valence-electron chi connectivity index (χ2n) is 3.26. The van der Waals surface area contributed by atoms with Crippen LogP contribution >= 0.6 is 27.5 Å². The van der Waals surface area contributed by atoms with Crippen molar-refractivity contribution < 1.29 is 9.18 Å². The smallest absolute Gasteiger partial charge is 0.244 e. The zero-order valence-electron chi connectivity index (χ0n) is 8.30. The predicted molar refractivity (Wildman–Crippen MR) is 61.4 cm³/mol. The van der Waals surface area contributed by atoms with E-state index in [4.69, 9.17) is 11.6 Å². The van der Waals surface area contributed by atoms with E-state index in [0.717, 1.165) is 0 Å². The molecule has 15 heavy (non-hydrogen) atoms. The number of likely N-dealkylation sites (N-methyl/N-ethyl adjacent to an activating group) is 1. The largest absolute Gasteiger partial charge is 0.347 e. The number of amides is 1. The van der Waals surface area contributed by atoms with Gasteiger partial charge < -0.3 is 4.90 Å². The molecule has 1 aromatic carbocycles. The molecule has 0 aliphatic carbocycles. The molecule has 0 saturated heterocycles. The van der Waals surface area contributed by atoms with Crippen LogP contribution in [0.2, 0.25) is 0 Å². The molecule has 0 saturated carbocycles. The Morgan fingerprint density at radius 3 is 2.67 bits per heavy atom. The van der Waals surface area contributed by atoms with Crippen LogP contribution in [-0.2, 0) is 4.79 Å². The van der Waals surface area contributed by atoms with Crippen LogP contribution in [0, 0.1) is 5.82 Å². The molecule has 0 fully saturated rings. The van der Waals surface area contributed by atoms with Gasteiger partial charge in [0.05, 0.1) is 0 Å². The monoisotopic (exact) mass is 293 g/mol. The summed E-state index contributed by atoms with van der Waals surface area (Å²) < 4.78 is 13.6. The van der Waals surface area contributed by atoms with Crippen LogP contribution in [0.25, 0.3) is 0 Å².